The number of ether oxygens (including phenoxy) is 2. The first kappa shape index (κ1) is 24.8. The Morgan fingerprint density at radius 1 is 1.14 bits per heavy atom. The summed E-state index contributed by atoms with van der Waals surface area (Å²) < 4.78 is 10.9. The quantitative estimate of drug-likeness (QED) is 0.506. The van der Waals surface area contributed by atoms with Crippen molar-refractivity contribution in [2.75, 3.05) is 19.7 Å². The Hall–Kier alpha value is -1.93. The summed E-state index contributed by atoms with van der Waals surface area (Å²) >= 11 is 0. The van der Waals surface area contributed by atoms with E-state index in [4.69, 9.17) is 15.2 Å². The molecule has 0 bridgehead atoms. The van der Waals surface area contributed by atoms with Crippen molar-refractivity contribution < 1.29 is 29.0 Å². The van der Waals surface area contributed by atoms with E-state index in [-0.39, 0.29) is 53.7 Å². The molecule has 4 saturated carbocycles. The van der Waals surface area contributed by atoms with Gasteiger partial charge in [0.05, 0.1) is 12.1 Å². The Morgan fingerprint density at radius 3 is 2.66 bits per heavy atom. The third-order valence-electron chi connectivity index (χ3n) is 10.8. The second-order valence-electron chi connectivity index (χ2n) is 12.2. The highest BCUT2D eigenvalue weighted by Crippen LogP contribution is 2.70. The maximum absolute atomic E-state index is 12.3. The fourth-order valence-corrected chi connectivity index (χ4v) is 8.95. The molecule has 35 heavy (non-hydrogen) atoms. The van der Waals surface area contributed by atoms with Crippen LogP contribution in [0, 0.1) is 34.5 Å². The second kappa shape index (κ2) is 8.87. The topological polar surface area (TPSA) is 128 Å². The fourth-order valence-electron chi connectivity index (χ4n) is 8.95. The zero-order valence-corrected chi connectivity index (χ0v) is 21.0. The van der Waals surface area contributed by atoms with Gasteiger partial charge in [-0.3, -0.25) is 9.59 Å². The van der Waals surface area contributed by atoms with Crippen molar-refractivity contribution in [3.8, 4) is 0 Å². The molecule has 4 N–H and O–H groups in total. The average Bonchev–Trinajstić information content (AvgIpc) is 3.37. The normalized spacial score (nSPS) is 44.4. The van der Waals surface area contributed by atoms with Gasteiger partial charge in [-0.05, 0) is 92.4 Å². The van der Waals surface area contributed by atoms with Crippen LogP contribution in [0.1, 0.15) is 71.6 Å². The molecule has 0 saturated heterocycles. The highest BCUT2D eigenvalue weighted by molar-refractivity contribution is 5.85. The molecule has 0 aromatic rings. The van der Waals surface area contributed by atoms with Crippen LogP contribution in [0.25, 0.3) is 0 Å². The molecule has 194 valence electrons. The number of hydrogen-bond donors (Lipinski definition) is 3. The molecule has 0 aromatic carbocycles. The molecule has 0 aromatic heterocycles. The lowest BCUT2D eigenvalue weighted by Gasteiger charge is -2.63. The highest BCUT2D eigenvalue weighted by Gasteiger charge is 2.67. The molecule has 8 heteroatoms. The fraction of sp³-hybridized carbons (Fsp3) is 0.815. The van der Waals surface area contributed by atoms with Crippen LogP contribution in [0.3, 0.4) is 0 Å². The number of nitrogens with two attached hydrogens (primary N) is 1. The molecule has 8 nitrogen and oxygen atoms in total. The van der Waals surface area contributed by atoms with E-state index < -0.39 is 11.6 Å². The van der Waals surface area contributed by atoms with Crippen molar-refractivity contribution in [1.29, 1.82) is 0 Å². The molecular weight excluding hydrogens is 448 g/mol. The van der Waals surface area contributed by atoms with E-state index in [1.165, 1.54) is 0 Å². The molecule has 0 radical (unpaired) electrons. The summed E-state index contributed by atoms with van der Waals surface area (Å²) in [6.45, 7) is 4.74. The Morgan fingerprint density at radius 2 is 1.94 bits per heavy atom. The number of fused-ring (bicyclic) bond motifs is 5. The highest BCUT2D eigenvalue weighted by atomic mass is 16.5. The summed E-state index contributed by atoms with van der Waals surface area (Å²) in [5.41, 5.74) is 5.53. The minimum absolute atomic E-state index is 0.119. The number of aliphatic hydroxyl groups is 1. The van der Waals surface area contributed by atoms with Crippen LogP contribution in [0.4, 0.5) is 0 Å². The number of rotatable bonds is 5. The number of amides is 1. The van der Waals surface area contributed by atoms with Crippen LogP contribution in [-0.4, -0.2) is 54.4 Å². The third-order valence-corrected chi connectivity index (χ3v) is 10.8. The Kier molecular flexibility index (Phi) is 6.27. The van der Waals surface area contributed by atoms with Crippen LogP contribution in [0.2, 0.25) is 0 Å². The van der Waals surface area contributed by atoms with Gasteiger partial charge in [0, 0.05) is 11.5 Å². The minimum atomic E-state index is -0.717. The lowest BCUT2D eigenvalue weighted by atomic mass is 9.43. The second-order valence-corrected chi connectivity index (χ2v) is 12.2. The van der Waals surface area contributed by atoms with Crippen molar-refractivity contribution in [2.24, 2.45) is 40.2 Å². The van der Waals surface area contributed by atoms with Crippen LogP contribution < -0.4 is 11.1 Å². The van der Waals surface area contributed by atoms with E-state index in [2.05, 4.69) is 19.2 Å². The molecule has 5 aliphatic rings. The molecule has 1 amide bonds. The lowest BCUT2D eigenvalue weighted by Crippen LogP contribution is -2.62. The third kappa shape index (κ3) is 3.91. The zero-order valence-electron chi connectivity index (χ0n) is 21.0. The summed E-state index contributed by atoms with van der Waals surface area (Å²) in [5, 5.41) is 14.8. The van der Waals surface area contributed by atoms with Gasteiger partial charge in [-0.2, -0.15) is 0 Å². The van der Waals surface area contributed by atoms with Crippen molar-refractivity contribution >= 4 is 17.8 Å². The predicted molar refractivity (Wildman–Crippen MR) is 128 cm³/mol. The van der Waals surface area contributed by atoms with Crippen molar-refractivity contribution in [3.63, 3.8) is 0 Å². The van der Waals surface area contributed by atoms with Crippen LogP contribution in [-0.2, 0) is 23.9 Å². The van der Waals surface area contributed by atoms with E-state index >= 15 is 0 Å². The molecular formula is C27H40N2O6. The summed E-state index contributed by atoms with van der Waals surface area (Å²) in [7, 11) is 0. The van der Waals surface area contributed by atoms with E-state index in [1.54, 1.807) is 6.08 Å². The number of nitrogens with one attached hydrogen (secondary N) is 1. The van der Waals surface area contributed by atoms with Crippen LogP contribution >= 0.6 is 0 Å². The minimum Gasteiger partial charge on any atom is -0.461 e. The number of esters is 2. The summed E-state index contributed by atoms with van der Waals surface area (Å²) in [4.78, 5) is 35.3. The molecule has 0 unspecified atom stereocenters. The van der Waals surface area contributed by atoms with E-state index in [1.807, 2.05) is 0 Å². The van der Waals surface area contributed by atoms with E-state index in [9.17, 15) is 19.5 Å². The Bertz CT molecular complexity index is 935. The molecule has 0 spiro atoms. The van der Waals surface area contributed by atoms with Crippen LogP contribution in [0.5, 0.6) is 0 Å². The van der Waals surface area contributed by atoms with Gasteiger partial charge in [-0.25, -0.2) is 4.79 Å². The Labute approximate surface area is 207 Å². The maximum Gasteiger partial charge on any atom is 0.331 e. The first-order chi connectivity index (χ1) is 16.6. The molecule has 5 rings (SSSR count). The SMILES string of the molecule is C[C@]12CC[C@H](OC(=O)CNC(=O)CN)C[C@H]1CC[C@@H]1[C@@H]2CC[C@]2(C)[C@@H](C3=CC(=O)OC3)CC[C@]12O. The molecule has 4 aliphatic carbocycles. The van der Waals surface area contributed by atoms with Crippen molar-refractivity contribution in [2.45, 2.75) is 83.3 Å². The molecule has 4 fully saturated rings. The van der Waals surface area contributed by atoms with Crippen molar-refractivity contribution in [1.82, 2.24) is 5.32 Å². The monoisotopic (exact) mass is 488 g/mol. The number of hydrogen-bond acceptors (Lipinski definition) is 7. The maximum atomic E-state index is 12.3. The summed E-state index contributed by atoms with van der Waals surface area (Å²) in [6, 6.07) is 0. The van der Waals surface area contributed by atoms with Gasteiger partial charge < -0.3 is 25.6 Å². The van der Waals surface area contributed by atoms with Gasteiger partial charge in [0.15, 0.2) is 0 Å². The largest absolute Gasteiger partial charge is 0.461 e. The standard InChI is InChI=1S/C27H40N2O6/c1-25-8-5-18(35-24(32)14-29-22(30)13-28)12-17(25)3-4-21-20(25)6-9-26(2)19(7-10-27(21,26)33)16-11-23(31)34-15-16/h11,17-21,33H,3-10,12-15,28H2,1-2H3,(H,29,30)/t17-,18+,19-,20+,21-,25+,26-,27+/m1/s1. The smallest absolute Gasteiger partial charge is 0.331 e. The number of cyclic esters (lactones) is 1. The van der Waals surface area contributed by atoms with Gasteiger partial charge in [0.25, 0.3) is 0 Å². The summed E-state index contributed by atoms with van der Waals surface area (Å²) in [5.74, 6) is 0.363. The van der Waals surface area contributed by atoms with E-state index in [0.29, 0.717) is 18.4 Å². The van der Waals surface area contributed by atoms with Gasteiger partial charge in [0.2, 0.25) is 5.91 Å². The number of carbonyl (C=O) groups is 3. The van der Waals surface area contributed by atoms with E-state index in [0.717, 1.165) is 63.4 Å². The van der Waals surface area contributed by atoms with Gasteiger partial charge in [-0.15, -0.1) is 0 Å². The zero-order chi connectivity index (χ0) is 25.0. The average molecular weight is 489 g/mol. The molecule has 1 aliphatic heterocycles. The lowest BCUT2D eigenvalue weighted by molar-refractivity contribution is -0.210. The first-order valence-electron chi connectivity index (χ1n) is 13.4. The van der Waals surface area contributed by atoms with Crippen LogP contribution in [0.15, 0.2) is 11.6 Å². The predicted octanol–water partition coefficient (Wildman–Crippen LogP) is 2.23. The number of carbonyl (C=O) groups excluding carboxylic acids is 3. The summed E-state index contributed by atoms with van der Waals surface area (Å²) in [6.07, 6.45) is 9.96. The van der Waals surface area contributed by atoms with Gasteiger partial charge in [-0.1, -0.05) is 13.8 Å². The van der Waals surface area contributed by atoms with Crippen molar-refractivity contribution in [3.05, 3.63) is 11.6 Å². The molecule has 8 atom stereocenters. The molecule has 1 heterocycles. The first-order valence-corrected chi connectivity index (χ1v) is 13.4. The Balaban J connectivity index is 1.27. The van der Waals surface area contributed by atoms with Gasteiger partial charge >= 0.3 is 11.9 Å². The van der Waals surface area contributed by atoms with Gasteiger partial charge in [0.1, 0.15) is 19.3 Å².